The molecule has 2 unspecified atom stereocenters. The van der Waals surface area contributed by atoms with Gasteiger partial charge < -0.3 is 34.7 Å². The minimum atomic E-state index is -0.676. The summed E-state index contributed by atoms with van der Waals surface area (Å²) in [4.78, 5) is 57.2. The number of carbonyl (C=O) groups excluding carboxylic acids is 3. The first-order valence-corrected chi connectivity index (χ1v) is 19.0. The number of hydrogen-bond donors (Lipinski definition) is 4. The van der Waals surface area contributed by atoms with Gasteiger partial charge >= 0.3 is 6.09 Å². The van der Waals surface area contributed by atoms with Gasteiger partial charge in [0.05, 0.1) is 55.7 Å². The molecule has 12 heteroatoms. The van der Waals surface area contributed by atoms with Crippen LogP contribution in [0.4, 0.5) is 4.79 Å². The molecule has 12 nitrogen and oxygen atoms in total. The van der Waals surface area contributed by atoms with E-state index in [9.17, 15) is 14.4 Å². The van der Waals surface area contributed by atoms with E-state index in [4.69, 9.17) is 14.1 Å². The Balaban J connectivity index is 0.920. The number of methoxy groups -OCH3 is 1. The van der Waals surface area contributed by atoms with E-state index in [1.165, 1.54) is 7.11 Å². The van der Waals surface area contributed by atoms with Crippen molar-refractivity contribution in [2.75, 3.05) is 13.7 Å². The van der Waals surface area contributed by atoms with Crippen molar-refractivity contribution in [1.29, 1.82) is 0 Å². The predicted octanol–water partition coefficient (Wildman–Crippen LogP) is 7.22. The first kappa shape index (κ1) is 35.4. The van der Waals surface area contributed by atoms with E-state index in [1.807, 2.05) is 43.3 Å². The van der Waals surface area contributed by atoms with Gasteiger partial charge in [-0.05, 0) is 84.2 Å². The number of furan rings is 1. The zero-order chi connectivity index (χ0) is 37.3. The van der Waals surface area contributed by atoms with Crippen molar-refractivity contribution in [3.63, 3.8) is 0 Å². The van der Waals surface area contributed by atoms with E-state index >= 15 is 0 Å². The average Bonchev–Trinajstić information content (AvgIpc) is 4.05. The maximum Gasteiger partial charge on any atom is 0.407 e. The number of nitrogens with zero attached hydrogens (tertiary/aromatic N) is 3. The Labute approximate surface area is 314 Å². The highest BCUT2D eigenvalue weighted by molar-refractivity contribution is 5.86. The SMILES string of the molecule is COC(=O)N[C@H](C(=O)N1CCC[C@H]1c1ncc(-c2ccc(-c3ccc(-c4cnc([C@H]5C6CCC(C6)[C@@H]5C(=O)NCc5ccco5)[nH]4)cc3)cc2)[nH]1)C(C)C. The van der Waals surface area contributed by atoms with Crippen LogP contribution in [0, 0.1) is 23.7 Å². The molecular weight excluding hydrogens is 683 g/mol. The highest BCUT2D eigenvalue weighted by Gasteiger charge is 2.52. The maximum absolute atomic E-state index is 13.5. The van der Waals surface area contributed by atoms with Crippen molar-refractivity contribution < 1.29 is 23.5 Å². The molecule has 3 aliphatic rings. The van der Waals surface area contributed by atoms with Gasteiger partial charge in [0.1, 0.15) is 23.5 Å². The number of aromatic amines is 2. The molecule has 0 spiro atoms. The molecule has 3 fully saturated rings. The summed E-state index contributed by atoms with van der Waals surface area (Å²) in [5.41, 5.74) is 6.05. The van der Waals surface area contributed by atoms with E-state index in [0.29, 0.717) is 24.9 Å². The summed E-state index contributed by atoms with van der Waals surface area (Å²) < 4.78 is 10.2. The lowest BCUT2D eigenvalue weighted by Gasteiger charge is -2.30. The second kappa shape index (κ2) is 15.0. The quantitative estimate of drug-likeness (QED) is 0.112. The third kappa shape index (κ3) is 6.92. The highest BCUT2D eigenvalue weighted by atomic mass is 16.5. The maximum atomic E-state index is 13.5. The zero-order valence-corrected chi connectivity index (χ0v) is 30.9. The van der Waals surface area contributed by atoms with Crippen LogP contribution in [0.1, 0.15) is 75.3 Å². The molecular formula is C42H47N7O5. The number of fused-ring (bicyclic) bond motifs is 2. The smallest absolute Gasteiger partial charge is 0.407 e. The van der Waals surface area contributed by atoms with Crippen molar-refractivity contribution in [2.24, 2.45) is 23.7 Å². The molecule has 280 valence electrons. The summed E-state index contributed by atoms with van der Waals surface area (Å²) >= 11 is 0. The molecule has 2 bridgehead atoms. The number of ether oxygens (including phenoxy) is 1. The van der Waals surface area contributed by atoms with Crippen molar-refractivity contribution in [1.82, 2.24) is 35.5 Å². The summed E-state index contributed by atoms with van der Waals surface area (Å²) in [6, 6.07) is 19.6. The molecule has 6 atom stereocenters. The number of alkyl carbamates (subject to hydrolysis) is 1. The van der Waals surface area contributed by atoms with Crippen LogP contribution in [0.2, 0.25) is 0 Å². The molecule has 2 saturated carbocycles. The molecule has 4 N–H and O–H groups in total. The van der Waals surface area contributed by atoms with Crippen molar-refractivity contribution >= 4 is 17.9 Å². The standard InChI is InChI=1S/C42H47N7O5/c1-24(2)37(48-42(52)53-3)41(51)49-18-4-7-34(49)38-43-22-32(46-38)27-12-8-25(9-13-27)26-10-14-28(15-11-26)33-23-44-39(47-33)35-29-16-17-30(20-29)36(35)40(50)45-21-31-6-5-19-54-31/h5-6,8-15,19,22-24,29-30,34-37H,4,7,16-18,20-21H2,1-3H3,(H,43,46)(H,44,47)(H,45,50)(H,48,52)/t29?,30?,34-,35-,36-,37-/m0/s1. The number of likely N-dealkylation sites (tertiary alicyclic amines) is 1. The topological polar surface area (TPSA) is 158 Å². The highest BCUT2D eigenvalue weighted by Crippen LogP contribution is 2.56. The lowest BCUT2D eigenvalue weighted by Crippen LogP contribution is -2.51. The number of hydrogen-bond acceptors (Lipinski definition) is 7. The fourth-order valence-corrected chi connectivity index (χ4v) is 8.95. The van der Waals surface area contributed by atoms with Gasteiger partial charge in [-0.15, -0.1) is 0 Å². The van der Waals surface area contributed by atoms with E-state index in [1.54, 1.807) is 6.26 Å². The normalized spacial score (nSPS) is 22.4. The fourth-order valence-electron chi connectivity index (χ4n) is 8.95. The minimum absolute atomic E-state index is 0.0858. The van der Waals surface area contributed by atoms with Crippen LogP contribution in [0.15, 0.2) is 83.7 Å². The van der Waals surface area contributed by atoms with E-state index < -0.39 is 12.1 Å². The van der Waals surface area contributed by atoms with Gasteiger partial charge in [0.2, 0.25) is 11.8 Å². The molecule has 1 aliphatic heterocycles. The molecule has 1 saturated heterocycles. The van der Waals surface area contributed by atoms with E-state index in [-0.39, 0.29) is 35.6 Å². The zero-order valence-electron chi connectivity index (χ0n) is 30.9. The first-order chi connectivity index (χ1) is 26.3. The van der Waals surface area contributed by atoms with E-state index in [2.05, 4.69) is 74.1 Å². The summed E-state index contributed by atoms with van der Waals surface area (Å²) in [6.07, 6.45) is 9.68. The fraction of sp³-hybridized carbons (Fsp3) is 0.405. The lowest BCUT2D eigenvalue weighted by molar-refractivity contribution is -0.135. The molecule has 0 radical (unpaired) electrons. The van der Waals surface area contributed by atoms with Gasteiger partial charge in [-0.2, -0.15) is 0 Å². The number of rotatable bonds is 11. The van der Waals surface area contributed by atoms with Crippen LogP contribution < -0.4 is 10.6 Å². The molecule has 54 heavy (non-hydrogen) atoms. The van der Waals surface area contributed by atoms with Crippen LogP contribution in [0.5, 0.6) is 0 Å². The summed E-state index contributed by atoms with van der Waals surface area (Å²) in [5, 5.41) is 5.81. The van der Waals surface area contributed by atoms with Gasteiger partial charge in [0, 0.05) is 12.5 Å². The van der Waals surface area contributed by atoms with Gasteiger partial charge in [-0.1, -0.05) is 62.4 Å². The first-order valence-electron chi connectivity index (χ1n) is 19.0. The monoisotopic (exact) mass is 729 g/mol. The third-order valence-electron chi connectivity index (χ3n) is 11.7. The largest absolute Gasteiger partial charge is 0.467 e. The molecule has 4 heterocycles. The minimum Gasteiger partial charge on any atom is -0.467 e. The van der Waals surface area contributed by atoms with Gasteiger partial charge in [-0.3, -0.25) is 9.59 Å². The Bertz CT molecular complexity index is 2080. The Kier molecular flexibility index (Phi) is 9.83. The van der Waals surface area contributed by atoms with Crippen LogP contribution in [-0.4, -0.2) is 62.4 Å². The Morgan fingerprint density at radius 1 is 0.870 bits per heavy atom. The van der Waals surface area contributed by atoms with Crippen molar-refractivity contribution in [3.05, 3.63) is 96.7 Å². The van der Waals surface area contributed by atoms with Crippen molar-refractivity contribution in [3.8, 4) is 33.6 Å². The van der Waals surface area contributed by atoms with Crippen LogP contribution in [-0.2, 0) is 20.9 Å². The number of amides is 3. The second-order valence-corrected chi connectivity index (χ2v) is 15.2. The molecule has 5 aromatic rings. The van der Waals surface area contributed by atoms with Gasteiger partial charge in [0.15, 0.2) is 0 Å². The Hall–Kier alpha value is -5.65. The van der Waals surface area contributed by atoms with Crippen LogP contribution >= 0.6 is 0 Å². The molecule has 3 amide bonds. The number of aromatic nitrogens is 4. The lowest BCUT2D eigenvalue weighted by atomic mass is 9.78. The Morgan fingerprint density at radius 3 is 2.13 bits per heavy atom. The van der Waals surface area contributed by atoms with E-state index in [0.717, 1.165) is 83.2 Å². The summed E-state index contributed by atoms with van der Waals surface area (Å²) in [6.45, 7) is 4.82. The second-order valence-electron chi connectivity index (χ2n) is 15.2. The molecule has 2 aliphatic carbocycles. The Morgan fingerprint density at radius 2 is 1.50 bits per heavy atom. The van der Waals surface area contributed by atoms with Gasteiger partial charge in [0.25, 0.3) is 0 Å². The number of benzene rings is 2. The molecule has 8 rings (SSSR count). The van der Waals surface area contributed by atoms with Crippen LogP contribution in [0.3, 0.4) is 0 Å². The molecule has 2 aromatic carbocycles. The predicted molar refractivity (Wildman–Crippen MR) is 203 cm³/mol. The summed E-state index contributed by atoms with van der Waals surface area (Å²) in [5.74, 6) is 3.12. The van der Waals surface area contributed by atoms with Gasteiger partial charge in [-0.25, -0.2) is 14.8 Å². The number of H-pyrrole nitrogens is 2. The number of imidazole rings is 2. The molecule has 3 aromatic heterocycles. The van der Waals surface area contributed by atoms with Crippen LogP contribution in [0.25, 0.3) is 33.6 Å². The number of carbonyl (C=O) groups is 3. The summed E-state index contributed by atoms with van der Waals surface area (Å²) in [7, 11) is 1.30. The van der Waals surface area contributed by atoms with Crippen molar-refractivity contribution in [2.45, 2.75) is 70.5 Å². The number of nitrogens with one attached hydrogen (secondary N) is 4. The average molecular weight is 730 g/mol. The third-order valence-corrected chi connectivity index (χ3v) is 11.7.